The summed E-state index contributed by atoms with van der Waals surface area (Å²) >= 11 is 0. The molecule has 5 atom stereocenters. The first kappa shape index (κ1) is 22.4. The van der Waals surface area contributed by atoms with Gasteiger partial charge in [0.25, 0.3) is 0 Å². The van der Waals surface area contributed by atoms with Crippen molar-refractivity contribution in [2.24, 2.45) is 28.3 Å². The number of carbonyl (C=O) groups excluding carboxylic acids is 1. The van der Waals surface area contributed by atoms with Gasteiger partial charge in [0.15, 0.2) is 0 Å². The Labute approximate surface area is 188 Å². The van der Waals surface area contributed by atoms with Crippen LogP contribution in [-0.2, 0) is 11.2 Å². The fraction of sp³-hybridized carbons (Fsp3) is 0.520. The van der Waals surface area contributed by atoms with Crippen molar-refractivity contribution in [1.82, 2.24) is 5.32 Å². The molecule has 0 radical (unpaired) electrons. The second-order valence-corrected chi connectivity index (χ2v) is 9.67. The van der Waals surface area contributed by atoms with E-state index in [2.05, 4.69) is 17.4 Å². The summed E-state index contributed by atoms with van der Waals surface area (Å²) in [5, 5.41) is 30.7. The molecule has 3 aliphatic rings. The topological polar surface area (TPSA) is 109 Å². The Bertz CT molecular complexity index is 988. The maximum atomic E-state index is 13.8. The molecule has 1 amide bonds. The number of halogens is 1. The summed E-state index contributed by atoms with van der Waals surface area (Å²) in [6.07, 6.45) is 9.27. The first-order chi connectivity index (χ1) is 15.4. The van der Waals surface area contributed by atoms with E-state index in [-0.39, 0.29) is 28.9 Å². The molecule has 0 aromatic heterocycles. The standard InChI is InChI=1S/C25H31FN4O2/c1-25-11-10-19-18-8-6-17(26)13-15(18)4-7-20(19)24(25)16(14-21(25)30-32)5-9-23(31)29-22(28)3-2-12-27/h2-3,6,8,12-13,16,19-20,24,27,32H,4-5,7,9-11,14H2,1H3,(H2,28,29,31)/b3-2-,27-12?,30-21+/t16-,19?,20?,24?,25-/m1/s1. The third-order valence-electron chi connectivity index (χ3n) is 8.06. The van der Waals surface area contributed by atoms with Gasteiger partial charge in [-0.2, -0.15) is 0 Å². The molecular weight excluding hydrogens is 407 g/mol. The Kier molecular flexibility index (Phi) is 6.26. The minimum Gasteiger partial charge on any atom is -0.411 e. The van der Waals surface area contributed by atoms with Crippen molar-refractivity contribution in [2.75, 3.05) is 0 Å². The zero-order valence-corrected chi connectivity index (χ0v) is 18.4. The Morgan fingerprint density at radius 1 is 1.41 bits per heavy atom. The first-order valence-electron chi connectivity index (χ1n) is 11.4. The van der Waals surface area contributed by atoms with Gasteiger partial charge in [0, 0.05) is 18.1 Å². The number of nitrogens with zero attached hydrogens (tertiary/aromatic N) is 1. The summed E-state index contributed by atoms with van der Waals surface area (Å²) < 4.78 is 13.8. The number of amidine groups is 1. The van der Waals surface area contributed by atoms with Crippen LogP contribution in [0.2, 0.25) is 0 Å². The zero-order valence-electron chi connectivity index (χ0n) is 18.4. The molecular formula is C25H31FN4O2. The molecule has 2 fully saturated rings. The SMILES string of the molecule is C[C@]12CCC3c4ccc(F)cc4CCC3C1[C@H](CCC(=O)NC(=N)/C=C\C=N)C/C2=N\O. The van der Waals surface area contributed by atoms with Gasteiger partial charge in [-0.1, -0.05) is 18.1 Å². The van der Waals surface area contributed by atoms with Crippen molar-refractivity contribution >= 4 is 23.7 Å². The van der Waals surface area contributed by atoms with Crippen LogP contribution in [-0.4, -0.2) is 28.9 Å². The van der Waals surface area contributed by atoms with Crippen LogP contribution in [0.3, 0.4) is 0 Å². The lowest BCUT2D eigenvalue weighted by Gasteiger charge is -2.50. The molecule has 0 spiro atoms. The number of aryl methyl sites for hydroxylation is 1. The van der Waals surface area contributed by atoms with Crippen molar-refractivity contribution in [3.05, 3.63) is 47.3 Å². The minimum absolute atomic E-state index is 0.0266. The molecule has 4 N–H and O–H groups in total. The van der Waals surface area contributed by atoms with Crippen molar-refractivity contribution in [3.63, 3.8) is 0 Å². The highest BCUT2D eigenvalue weighted by Gasteiger charge is 2.57. The molecule has 3 aliphatic carbocycles. The number of amides is 1. The van der Waals surface area contributed by atoms with E-state index in [1.807, 2.05) is 6.07 Å². The normalized spacial score (nSPS) is 32.2. The molecule has 3 unspecified atom stereocenters. The lowest BCUT2D eigenvalue weighted by Crippen LogP contribution is -2.44. The van der Waals surface area contributed by atoms with Gasteiger partial charge in [-0.15, -0.1) is 0 Å². The molecule has 0 saturated heterocycles. The highest BCUT2D eigenvalue weighted by Crippen LogP contribution is 2.62. The molecule has 0 aliphatic heterocycles. The number of oxime groups is 1. The quantitative estimate of drug-likeness (QED) is 0.229. The third-order valence-corrected chi connectivity index (χ3v) is 8.06. The monoisotopic (exact) mass is 438 g/mol. The molecule has 1 aromatic rings. The Balaban J connectivity index is 1.52. The average molecular weight is 439 g/mol. The number of nitrogens with one attached hydrogen (secondary N) is 3. The first-order valence-corrected chi connectivity index (χ1v) is 11.4. The van der Waals surface area contributed by atoms with Crippen molar-refractivity contribution in [1.29, 1.82) is 10.8 Å². The van der Waals surface area contributed by atoms with E-state index < -0.39 is 0 Å². The van der Waals surface area contributed by atoms with Crippen molar-refractivity contribution in [2.45, 2.75) is 57.8 Å². The molecule has 4 rings (SSSR count). The van der Waals surface area contributed by atoms with Gasteiger partial charge in [0.2, 0.25) is 5.91 Å². The van der Waals surface area contributed by atoms with Crippen LogP contribution in [0.15, 0.2) is 35.5 Å². The summed E-state index contributed by atoms with van der Waals surface area (Å²) in [6.45, 7) is 2.21. The summed E-state index contributed by atoms with van der Waals surface area (Å²) in [4.78, 5) is 12.4. The van der Waals surface area contributed by atoms with Gasteiger partial charge >= 0.3 is 0 Å². The Hall–Kier alpha value is -2.83. The maximum Gasteiger partial charge on any atom is 0.225 e. The molecule has 1 aromatic carbocycles. The fourth-order valence-electron chi connectivity index (χ4n) is 6.77. The van der Waals surface area contributed by atoms with Crippen LogP contribution in [0.4, 0.5) is 4.39 Å². The maximum absolute atomic E-state index is 13.8. The van der Waals surface area contributed by atoms with Gasteiger partial charge in [-0.25, -0.2) is 4.39 Å². The van der Waals surface area contributed by atoms with E-state index in [9.17, 15) is 14.4 Å². The predicted molar refractivity (Wildman–Crippen MR) is 122 cm³/mol. The van der Waals surface area contributed by atoms with Crippen LogP contribution < -0.4 is 5.32 Å². The van der Waals surface area contributed by atoms with Gasteiger partial charge in [0.1, 0.15) is 11.7 Å². The molecule has 0 heterocycles. The summed E-state index contributed by atoms with van der Waals surface area (Å²) in [6, 6.07) is 5.20. The van der Waals surface area contributed by atoms with E-state index in [0.29, 0.717) is 37.0 Å². The number of rotatable bonds is 5. The van der Waals surface area contributed by atoms with Crippen LogP contribution in [0.5, 0.6) is 0 Å². The van der Waals surface area contributed by atoms with Gasteiger partial charge < -0.3 is 15.9 Å². The lowest BCUT2D eigenvalue weighted by molar-refractivity contribution is -0.120. The average Bonchev–Trinajstić information content (AvgIpc) is 3.07. The van der Waals surface area contributed by atoms with E-state index in [4.69, 9.17) is 10.8 Å². The van der Waals surface area contributed by atoms with Crippen LogP contribution in [0.25, 0.3) is 0 Å². The number of benzene rings is 1. The molecule has 32 heavy (non-hydrogen) atoms. The van der Waals surface area contributed by atoms with Gasteiger partial charge in [-0.3, -0.25) is 10.2 Å². The molecule has 170 valence electrons. The smallest absolute Gasteiger partial charge is 0.225 e. The summed E-state index contributed by atoms with van der Waals surface area (Å²) in [7, 11) is 0. The van der Waals surface area contributed by atoms with E-state index in [0.717, 1.165) is 43.2 Å². The van der Waals surface area contributed by atoms with Crippen molar-refractivity contribution in [3.8, 4) is 0 Å². The zero-order chi connectivity index (χ0) is 22.9. The van der Waals surface area contributed by atoms with E-state index in [1.165, 1.54) is 17.7 Å². The molecule has 2 saturated carbocycles. The fourth-order valence-corrected chi connectivity index (χ4v) is 6.77. The third kappa shape index (κ3) is 4.00. The lowest BCUT2D eigenvalue weighted by atomic mass is 9.54. The van der Waals surface area contributed by atoms with Crippen LogP contribution in [0, 0.1) is 39.8 Å². The number of fused-ring (bicyclic) bond motifs is 5. The van der Waals surface area contributed by atoms with Crippen LogP contribution in [0.1, 0.15) is 62.5 Å². The number of hydrogen-bond acceptors (Lipinski definition) is 5. The number of allylic oxidation sites excluding steroid dienone is 1. The van der Waals surface area contributed by atoms with E-state index >= 15 is 0 Å². The Morgan fingerprint density at radius 2 is 2.22 bits per heavy atom. The minimum atomic E-state index is -0.211. The van der Waals surface area contributed by atoms with Crippen molar-refractivity contribution < 1.29 is 14.4 Å². The highest BCUT2D eigenvalue weighted by atomic mass is 19.1. The van der Waals surface area contributed by atoms with Gasteiger partial charge in [-0.05, 0) is 97.6 Å². The second kappa shape index (κ2) is 8.96. The summed E-state index contributed by atoms with van der Waals surface area (Å²) in [5.41, 5.74) is 3.06. The predicted octanol–water partition coefficient (Wildman–Crippen LogP) is 4.82. The Morgan fingerprint density at radius 3 is 2.97 bits per heavy atom. The number of carbonyl (C=O) groups is 1. The molecule has 0 bridgehead atoms. The van der Waals surface area contributed by atoms with E-state index in [1.54, 1.807) is 12.1 Å². The molecule has 6 nitrogen and oxygen atoms in total. The molecule has 7 heteroatoms. The largest absolute Gasteiger partial charge is 0.411 e. The van der Waals surface area contributed by atoms with Crippen LogP contribution >= 0.6 is 0 Å². The highest BCUT2D eigenvalue weighted by molar-refractivity contribution is 6.03. The second-order valence-electron chi connectivity index (χ2n) is 9.67. The van der Waals surface area contributed by atoms with Gasteiger partial charge in [0.05, 0.1) is 5.71 Å². The number of hydrogen-bond donors (Lipinski definition) is 4. The summed E-state index contributed by atoms with van der Waals surface area (Å²) in [5.74, 6) is 0.939.